The number of fused-ring (bicyclic) bond motifs is 1. The van der Waals surface area contributed by atoms with E-state index in [-0.39, 0.29) is 24.4 Å². The second kappa shape index (κ2) is 10.5. The Bertz CT molecular complexity index is 1500. The van der Waals surface area contributed by atoms with Crippen LogP contribution in [0, 0.1) is 17.7 Å². The lowest BCUT2D eigenvalue weighted by molar-refractivity contribution is -0.128. The molecule has 0 aliphatic carbocycles. The number of rotatable bonds is 5. The molecule has 0 spiro atoms. The SMILES string of the molecule is CC(=O)N1CCC[C@H]1C#Cc1cc2ncnc(Nc3ccc(OCc4cccc(F)c4)c(Cl)c3)c2s1. The lowest BCUT2D eigenvalue weighted by atomic mass is 10.2. The molecule has 36 heavy (non-hydrogen) atoms. The topological polar surface area (TPSA) is 67.4 Å². The summed E-state index contributed by atoms with van der Waals surface area (Å²) in [5.74, 6) is 7.36. The Labute approximate surface area is 217 Å². The van der Waals surface area contributed by atoms with Gasteiger partial charge in [-0.1, -0.05) is 35.6 Å². The number of carbonyl (C=O) groups excluding carboxylic acids is 1. The highest BCUT2D eigenvalue weighted by atomic mass is 35.5. The maximum absolute atomic E-state index is 13.4. The number of aromatic nitrogens is 2. The first kappa shape index (κ1) is 24.0. The fourth-order valence-corrected chi connectivity index (χ4v) is 5.23. The highest BCUT2D eigenvalue weighted by molar-refractivity contribution is 7.20. The molecule has 4 aromatic rings. The fraction of sp³-hybridized carbons (Fsp3) is 0.222. The number of anilines is 2. The summed E-state index contributed by atoms with van der Waals surface area (Å²) in [4.78, 5) is 23.2. The van der Waals surface area contributed by atoms with Crippen LogP contribution in [0.15, 0.2) is 54.9 Å². The van der Waals surface area contributed by atoms with Gasteiger partial charge < -0.3 is 15.0 Å². The third-order valence-electron chi connectivity index (χ3n) is 5.81. The molecular weight excluding hydrogens is 499 g/mol. The van der Waals surface area contributed by atoms with Crippen LogP contribution < -0.4 is 10.1 Å². The number of nitrogens with zero attached hydrogens (tertiary/aromatic N) is 3. The van der Waals surface area contributed by atoms with E-state index in [2.05, 4.69) is 27.1 Å². The molecule has 1 aliphatic rings. The van der Waals surface area contributed by atoms with E-state index < -0.39 is 0 Å². The molecule has 1 N–H and O–H groups in total. The third kappa shape index (κ3) is 5.43. The highest BCUT2D eigenvalue weighted by Crippen LogP contribution is 2.33. The normalized spacial score (nSPS) is 15.0. The Kier molecular flexibility index (Phi) is 7.03. The second-order valence-electron chi connectivity index (χ2n) is 8.38. The van der Waals surface area contributed by atoms with Crippen LogP contribution in [0.5, 0.6) is 5.75 Å². The van der Waals surface area contributed by atoms with Crippen LogP contribution >= 0.6 is 22.9 Å². The van der Waals surface area contributed by atoms with Gasteiger partial charge in [-0.25, -0.2) is 14.4 Å². The summed E-state index contributed by atoms with van der Waals surface area (Å²) in [5, 5.41) is 3.72. The van der Waals surface area contributed by atoms with Crippen molar-refractivity contribution in [1.29, 1.82) is 0 Å². The van der Waals surface area contributed by atoms with Gasteiger partial charge in [0.05, 0.1) is 26.2 Å². The minimum atomic E-state index is -0.308. The molecule has 182 valence electrons. The van der Waals surface area contributed by atoms with Crippen molar-refractivity contribution >= 4 is 50.6 Å². The third-order valence-corrected chi connectivity index (χ3v) is 7.15. The standard InChI is InChI=1S/C27H22ClFN4O2S/c1-17(34)33-11-3-6-21(33)8-9-22-14-24-26(36-22)27(31-16-30-24)32-20-7-10-25(23(28)13-20)35-15-18-4-2-5-19(29)12-18/h2,4-5,7,10,12-14,16,21H,3,6,11,15H2,1H3,(H,30,31,32)/t21-/m0/s1. The minimum Gasteiger partial charge on any atom is -0.487 e. The Morgan fingerprint density at radius 3 is 2.97 bits per heavy atom. The molecule has 0 radical (unpaired) electrons. The van der Waals surface area contributed by atoms with E-state index >= 15 is 0 Å². The fourth-order valence-electron chi connectivity index (χ4n) is 4.07. The number of amides is 1. The number of ether oxygens (including phenoxy) is 1. The first-order valence-corrected chi connectivity index (χ1v) is 12.6. The van der Waals surface area contributed by atoms with Crippen LogP contribution in [-0.4, -0.2) is 33.4 Å². The smallest absolute Gasteiger partial charge is 0.220 e. The molecule has 0 saturated carbocycles. The number of nitrogens with one attached hydrogen (secondary N) is 1. The molecule has 2 aromatic heterocycles. The van der Waals surface area contributed by atoms with Gasteiger partial charge in [-0.2, -0.15) is 0 Å². The van der Waals surface area contributed by atoms with Crippen molar-refractivity contribution in [2.75, 3.05) is 11.9 Å². The van der Waals surface area contributed by atoms with Gasteiger partial charge in [0.15, 0.2) is 5.82 Å². The Balaban J connectivity index is 1.31. The number of benzene rings is 2. The van der Waals surface area contributed by atoms with Crippen molar-refractivity contribution in [3.63, 3.8) is 0 Å². The van der Waals surface area contributed by atoms with Crippen LogP contribution in [0.3, 0.4) is 0 Å². The zero-order valence-corrected chi connectivity index (χ0v) is 21.0. The molecule has 6 nitrogen and oxygen atoms in total. The summed E-state index contributed by atoms with van der Waals surface area (Å²) < 4.78 is 20.0. The number of thiophene rings is 1. The summed E-state index contributed by atoms with van der Waals surface area (Å²) in [6.45, 7) is 2.56. The summed E-state index contributed by atoms with van der Waals surface area (Å²) in [6, 6.07) is 13.5. The van der Waals surface area contributed by atoms with Gasteiger partial charge in [0, 0.05) is 19.2 Å². The van der Waals surface area contributed by atoms with E-state index in [0.717, 1.165) is 45.7 Å². The van der Waals surface area contributed by atoms with Gasteiger partial charge >= 0.3 is 0 Å². The van der Waals surface area contributed by atoms with E-state index in [1.807, 2.05) is 17.0 Å². The van der Waals surface area contributed by atoms with Crippen LogP contribution in [0.25, 0.3) is 10.2 Å². The van der Waals surface area contributed by atoms with Crippen LogP contribution in [0.1, 0.15) is 30.2 Å². The number of hydrogen-bond donors (Lipinski definition) is 1. The van der Waals surface area contributed by atoms with Crippen molar-refractivity contribution < 1.29 is 13.9 Å². The average molecular weight is 521 g/mol. The average Bonchev–Trinajstić information content (AvgIpc) is 3.50. The molecule has 3 heterocycles. The maximum atomic E-state index is 13.4. The zero-order chi connectivity index (χ0) is 25.1. The molecule has 1 saturated heterocycles. The summed E-state index contributed by atoms with van der Waals surface area (Å²) >= 11 is 7.93. The Morgan fingerprint density at radius 2 is 2.17 bits per heavy atom. The van der Waals surface area contributed by atoms with Crippen LogP contribution in [0.2, 0.25) is 5.02 Å². The zero-order valence-electron chi connectivity index (χ0n) is 19.4. The molecule has 1 fully saturated rings. The number of carbonyl (C=O) groups is 1. The molecule has 5 rings (SSSR count). The van der Waals surface area contributed by atoms with Crippen molar-refractivity contribution in [2.24, 2.45) is 0 Å². The Hall–Kier alpha value is -3.67. The van der Waals surface area contributed by atoms with E-state index in [4.69, 9.17) is 16.3 Å². The van der Waals surface area contributed by atoms with Crippen molar-refractivity contribution in [1.82, 2.24) is 14.9 Å². The lowest BCUT2D eigenvalue weighted by Crippen LogP contribution is -2.32. The molecule has 1 atom stereocenters. The second-order valence-corrected chi connectivity index (χ2v) is 9.84. The monoisotopic (exact) mass is 520 g/mol. The van der Waals surface area contributed by atoms with Gasteiger partial charge in [-0.05, 0) is 54.8 Å². The van der Waals surface area contributed by atoms with E-state index in [1.54, 1.807) is 31.2 Å². The minimum absolute atomic E-state index is 0.0415. The number of halogens is 2. The molecular formula is C27H22ClFN4O2S. The predicted octanol–water partition coefficient (Wildman–Crippen LogP) is 6.17. The summed E-state index contributed by atoms with van der Waals surface area (Å²) in [6.07, 6.45) is 3.37. The summed E-state index contributed by atoms with van der Waals surface area (Å²) in [7, 11) is 0. The van der Waals surface area contributed by atoms with Gasteiger partial charge in [-0.3, -0.25) is 4.79 Å². The molecule has 0 bridgehead atoms. The van der Waals surface area contributed by atoms with E-state index in [1.165, 1.54) is 29.8 Å². The molecule has 1 amide bonds. The lowest BCUT2D eigenvalue weighted by Gasteiger charge is -2.17. The van der Waals surface area contributed by atoms with Crippen LogP contribution in [0.4, 0.5) is 15.9 Å². The molecule has 0 unspecified atom stereocenters. The maximum Gasteiger partial charge on any atom is 0.220 e. The van der Waals surface area contributed by atoms with Crippen molar-refractivity contribution in [3.05, 3.63) is 76.1 Å². The first-order chi connectivity index (χ1) is 17.5. The predicted molar refractivity (Wildman–Crippen MR) is 140 cm³/mol. The quantitative estimate of drug-likeness (QED) is 0.319. The molecule has 1 aliphatic heterocycles. The first-order valence-electron chi connectivity index (χ1n) is 11.4. The van der Waals surface area contributed by atoms with E-state index in [9.17, 15) is 9.18 Å². The van der Waals surface area contributed by atoms with Crippen molar-refractivity contribution in [2.45, 2.75) is 32.4 Å². The summed E-state index contributed by atoms with van der Waals surface area (Å²) in [5.41, 5.74) is 2.25. The van der Waals surface area contributed by atoms with Gasteiger partial charge in [0.25, 0.3) is 0 Å². The highest BCUT2D eigenvalue weighted by Gasteiger charge is 2.24. The van der Waals surface area contributed by atoms with Gasteiger partial charge in [0.1, 0.15) is 24.5 Å². The number of hydrogen-bond acceptors (Lipinski definition) is 6. The largest absolute Gasteiger partial charge is 0.487 e. The van der Waals surface area contributed by atoms with Crippen molar-refractivity contribution in [3.8, 4) is 17.6 Å². The molecule has 2 aromatic carbocycles. The van der Waals surface area contributed by atoms with Gasteiger partial charge in [-0.15, -0.1) is 11.3 Å². The van der Waals surface area contributed by atoms with Crippen LogP contribution in [-0.2, 0) is 11.4 Å². The van der Waals surface area contributed by atoms with E-state index in [0.29, 0.717) is 16.6 Å². The number of likely N-dealkylation sites (tertiary alicyclic amines) is 1. The molecule has 9 heteroatoms. The van der Waals surface area contributed by atoms with Gasteiger partial charge in [0.2, 0.25) is 5.91 Å². The Morgan fingerprint density at radius 1 is 1.28 bits per heavy atom.